The van der Waals surface area contributed by atoms with E-state index in [-0.39, 0.29) is 17.9 Å². The number of hydrogen-bond donors (Lipinski definition) is 1. The lowest BCUT2D eigenvalue weighted by Gasteiger charge is -2.42. The van der Waals surface area contributed by atoms with E-state index in [1.807, 2.05) is 26.0 Å². The number of piperazine rings is 1. The third-order valence-corrected chi connectivity index (χ3v) is 3.15. The third kappa shape index (κ3) is 3.30. The van der Waals surface area contributed by atoms with Gasteiger partial charge in [0.2, 0.25) is 5.91 Å². The lowest BCUT2D eigenvalue weighted by molar-refractivity contribution is -0.139. The lowest BCUT2D eigenvalue weighted by Crippen LogP contribution is -2.64. The molecule has 1 saturated heterocycles. The summed E-state index contributed by atoms with van der Waals surface area (Å²) < 4.78 is 0. The van der Waals surface area contributed by atoms with Crippen LogP contribution < -0.4 is 5.32 Å². The van der Waals surface area contributed by atoms with Crippen LogP contribution in [0.15, 0.2) is 24.5 Å². The highest BCUT2D eigenvalue weighted by molar-refractivity contribution is 5.83. The second-order valence-corrected chi connectivity index (χ2v) is 5.50. The molecule has 1 aromatic rings. The van der Waals surface area contributed by atoms with Crippen molar-refractivity contribution in [1.29, 1.82) is 5.26 Å². The first-order valence-electron chi connectivity index (χ1n) is 6.34. The number of nitrogens with zero attached hydrogens (tertiary/aromatic N) is 3. The van der Waals surface area contributed by atoms with Gasteiger partial charge in [0.1, 0.15) is 6.04 Å². The molecule has 5 nitrogen and oxygen atoms in total. The molecule has 2 rings (SSSR count). The predicted molar refractivity (Wildman–Crippen MR) is 70.9 cm³/mol. The van der Waals surface area contributed by atoms with Gasteiger partial charge < -0.3 is 4.90 Å². The van der Waals surface area contributed by atoms with Gasteiger partial charge in [-0.2, -0.15) is 5.26 Å². The molecule has 19 heavy (non-hydrogen) atoms. The van der Waals surface area contributed by atoms with Crippen molar-refractivity contribution in [2.45, 2.75) is 38.4 Å². The number of nitriles is 1. The summed E-state index contributed by atoms with van der Waals surface area (Å²) in [5, 5.41) is 12.0. The average Bonchev–Trinajstić information content (AvgIpc) is 2.36. The summed E-state index contributed by atoms with van der Waals surface area (Å²) in [4.78, 5) is 18.2. The number of amides is 1. The molecule has 5 heteroatoms. The molecule has 0 saturated carbocycles. The molecule has 0 spiro atoms. The quantitative estimate of drug-likeness (QED) is 0.880. The first-order valence-corrected chi connectivity index (χ1v) is 6.34. The van der Waals surface area contributed by atoms with E-state index in [4.69, 9.17) is 5.26 Å². The minimum Gasteiger partial charge on any atom is -0.335 e. The maximum atomic E-state index is 12.3. The predicted octanol–water partition coefficient (Wildman–Crippen LogP) is 1.07. The Hall–Kier alpha value is -1.93. The van der Waals surface area contributed by atoms with Gasteiger partial charge in [-0.15, -0.1) is 0 Å². The van der Waals surface area contributed by atoms with Gasteiger partial charge in [-0.25, -0.2) is 0 Å². The van der Waals surface area contributed by atoms with Gasteiger partial charge in [0.05, 0.1) is 12.5 Å². The first-order chi connectivity index (χ1) is 9.02. The Kier molecular flexibility index (Phi) is 3.82. The maximum absolute atomic E-state index is 12.3. The fourth-order valence-corrected chi connectivity index (χ4v) is 2.43. The van der Waals surface area contributed by atoms with Gasteiger partial charge in [-0.3, -0.25) is 15.1 Å². The molecule has 1 atom stereocenters. The number of aromatic nitrogens is 1. The molecule has 0 radical (unpaired) electrons. The van der Waals surface area contributed by atoms with Crippen molar-refractivity contribution >= 4 is 5.91 Å². The van der Waals surface area contributed by atoms with E-state index in [1.54, 1.807) is 17.3 Å². The van der Waals surface area contributed by atoms with E-state index in [9.17, 15) is 4.79 Å². The fourth-order valence-electron chi connectivity index (χ4n) is 2.43. The van der Waals surface area contributed by atoms with Crippen LogP contribution in [-0.4, -0.2) is 33.9 Å². The van der Waals surface area contributed by atoms with E-state index < -0.39 is 6.04 Å². The van der Waals surface area contributed by atoms with Crippen LogP contribution in [0.2, 0.25) is 0 Å². The average molecular weight is 258 g/mol. The molecule has 1 aromatic heterocycles. The van der Waals surface area contributed by atoms with Crippen LogP contribution in [0.5, 0.6) is 0 Å². The number of carbonyl (C=O) groups is 1. The molecule has 2 heterocycles. The largest absolute Gasteiger partial charge is 0.335 e. The second-order valence-electron chi connectivity index (χ2n) is 5.50. The van der Waals surface area contributed by atoms with Crippen LogP contribution in [0.3, 0.4) is 0 Å². The van der Waals surface area contributed by atoms with E-state index in [0.29, 0.717) is 13.1 Å². The first kappa shape index (κ1) is 13.5. The van der Waals surface area contributed by atoms with Gasteiger partial charge in [0.15, 0.2) is 0 Å². The molecular formula is C14H18N4O. The highest BCUT2D eigenvalue weighted by Crippen LogP contribution is 2.18. The minimum atomic E-state index is -0.412. The Morgan fingerprint density at radius 3 is 3.05 bits per heavy atom. The summed E-state index contributed by atoms with van der Waals surface area (Å²) in [5.74, 6) is -0.00951. The Bertz CT molecular complexity index is 492. The van der Waals surface area contributed by atoms with Crippen molar-refractivity contribution in [2.24, 2.45) is 0 Å². The molecule has 1 aliphatic rings. The van der Waals surface area contributed by atoms with Crippen LogP contribution in [0, 0.1) is 11.3 Å². The highest BCUT2D eigenvalue weighted by atomic mass is 16.2. The van der Waals surface area contributed by atoms with Crippen molar-refractivity contribution in [1.82, 2.24) is 15.2 Å². The molecule has 1 amide bonds. The molecular weight excluding hydrogens is 240 g/mol. The van der Waals surface area contributed by atoms with Crippen LogP contribution in [0.25, 0.3) is 0 Å². The molecule has 1 fully saturated rings. The number of pyridine rings is 1. The Labute approximate surface area is 113 Å². The molecule has 0 bridgehead atoms. The summed E-state index contributed by atoms with van der Waals surface area (Å²) in [7, 11) is 0. The smallest absolute Gasteiger partial charge is 0.241 e. The second kappa shape index (κ2) is 5.37. The van der Waals surface area contributed by atoms with Crippen LogP contribution in [-0.2, 0) is 11.3 Å². The molecule has 100 valence electrons. The van der Waals surface area contributed by atoms with Crippen LogP contribution >= 0.6 is 0 Å². The van der Waals surface area contributed by atoms with Gasteiger partial charge in [0.25, 0.3) is 0 Å². The number of nitrogens with one attached hydrogen (secondary N) is 1. The van der Waals surface area contributed by atoms with Crippen LogP contribution in [0.4, 0.5) is 0 Å². The van der Waals surface area contributed by atoms with Gasteiger partial charge in [-0.1, -0.05) is 6.07 Å². The Morgan fingerprint density at radius 1 is 1.63 bits per heavy atom. The lowest BCUT2D eigenvalue weighted by atomic mass is 9.96. The fraction of sp³-hybridized carbons (Fsp3) is 0.500. The third-order valence-electron chi connectivity index (χ3n) is 3.15. The van der Waals surface area contributed by atoms with Crippen LogP contribution in [0.1, 0.15) is 25.8 Å². The topological polar surface area (TPSA) is 69.0 Å². The SMILES string of the molecule is CC1(C)CN(Cc2cccnc2)C(=O)C(CC#N)N1. The molecule has 1 N–H and O–H groups in total. The van der Waals surface area contributed by atoms with Crippen molar-refractivity contribution in [2.75, 3.05) is 6.54 Å². The van der Waals surface area contributed by atoms with Crippen molar-refractivity contribution in [3.8, 4) is 6.07 Å². The normalized spacial score (nSPS) is 22.1. The van der Waals surface area contributed by atoms with Gasteiger partial charge in [-0.05, 0) is 25.5 Å². The van der Waals surface area contributed by atoms with E-state index in [2.05, 4.69) is 16.4 Å². The van der Waals surface area contributed by atoms with E-state index in [0.717, 1.165) is 5.56 Å². The van der Waals surface area contributed by atoms with E-state index in [1.165, 1.54) is 0 Å². The highest BCUT2D eigenvalue weighted by Gasteiger charge is 2.37. The van der Waals surface area contributed by atoms with Crippen molar-refractivity contribution in [3.05, 3.63) is 30.1 Å². The maximum Gasteiger partial charge on any atom is 0.241 e. The zero-order valence-electron chi connectivity index (χ0n) is 11.3. The van der Waals surface area contributed by atoms with E-state index >= 15 is 0 Å². The Morgan fingerprint density at radius 2 is 2.42 bits per heavy atom. The monoisotopic (exact) mass is 258 g/mol. The van der Waals surface area contributed by atoms with Gasteiger partial charge in [0, 0.05) is 31.0 Å². The zero-order valence-corrected chi connectivity index (χ0v) is 11.3. The Balaban J connectivity index is 2.14. The molecule has 0 aliphatic carbocycles. The molecule has 0 aromatic carbocycles. The summed E-state index contributed by atoms with van der Waals surface area (Å²) >= 11 is 0. The van der Waals surface area contributed by atoms with Crippen molar-refractivity contribution in [3.63, 3.8) is 0 Å². The summed E-state index contributed by atoms with van der Waals surface area (Å²) in [6.45, 7) is 5.25. The number of carbonyl (C=O) groups excluding carboxylic acids is 1. The minimum absolute atomic E-state index is 0.00951. The molecule has 1 unspecified atom stereocenters. The summed E-state index contributed by atoms with van der Waals surface area (Å²) in [6, 6.07) is 5.47. The summed E-state index contributed by atoms with van der Waals surface area (Å²) in [5.41, 5.74) is 0.821. The zero-order chi connectivity index (χ0) is 13.9. The summed E-state index contributed by atoms with van der Waals surface area (Å²) in [6.07, 6.45) is 3.68. The molecule has 1 aliphatic heterocycles. The standard InChI is InChI=1S/C14H18N4O/c1-14(2)10-18(9-11-4-3-7-16-8-11)13(19)12(17-14)5-6-15/h3-4,7-8,12,17H,5,9-10H2,1-2H3. The van der Waals surface area contributed by atoms with Gasteiger partial charge >= 0.3 is 0 Å². The number of rotatable bonds is 3. The number of hydrogen-bond acceptors (Lipinski definition) is 4. The van der Waals surface area contributed by atoms with Crippen molar-refractivity contribution < 1.29 is 4.79 Å².